The molecule has 0 radical (unpaired) electrons. The van der Waals surface area contributed by atoms with Gasteiger partial charge in [-0.05, 0) is 36.8 Å². The summed E-state index contributed by atoms with van der Waals surface area (Å²) in [6, 6.07) is 12.2. The minimum atomic E-state index is -4.59. The Morgan fingerprint density at radius 3 is 2.55 bits per heavy atom. The number of alkyl halides is 3. The predicted octanol–water partition coefficient (Wildman–Crippen LogP) is 6.19. The van der Waals surface area contributed by atoms with Crippen LogP contribution in [0.5, 0.6) is 0 Å². The molecule has 1 N–H and O–H groups in total. The van der Waals surface area contributed by atoms with E-state index >= 15 is 0 Å². The zero-order valence-electron chi connectivity index (χ0n) is 16.0. The summed E-state index contributed by atoms with van der Waals surface area (Å²) >= 11 is 5.80. The Hall–Kier alpha value is -3.46. The normalized spacial score (nSPS) is 11.5. The average molecular weight is 448 g/mol. The number of hydrogen-bond acceptors (Lipinski definition) is 4. The van der Waals surface area contributed by atoms with E-state index in [1.165, 1.54) is 30.6 Å². The van der Waals surface area contributed by atoms with E-state index in [2.05, 4.69) is 20.4 Å². The summed E-state index contributed by atoms with van der Waals surface area (Å²) in [6.45, 7) is 1.90. The molecule has 0 fully saturated rings. The molecule has 2 heterocycles. The van der Waals surface area contributed by atoms with Crippen molar-refractivity contribution in [3.63, 3.8) is 0 Å². The molecule has 158 valence electrons. The van der Waals surface area contributed by atoms with Gasteiger partial charge in [0.2, 0.25) is 5.95 Å². The number of nitrogens with one attached hydrogen (secondary N) is 1. The van der Waals surface area contributed by atoms with Gasteiger partial charge >= 0.3 is 6.18 Å². The molecule has 0 unspecified atom stereocenters. The molecule has 31 heavy (non-hydrogen) atoms. The van der Waals surface area contributed by atoms with Crippen LogP contribution in [-0.4, -0.2) is 19.7 Å². The second kappa shape index (κ2) is 7.99. The van der Waals surface area contributed by atoms with Gasteiger partial charge in [-0.2, -0.15) is 23.3 Å². The molecule has 0 spiro atoms. The van der Waals surface area contributed by atoms with Crippen LogP contribution in [0.2, 0.25) is 5.02 Å². The van der Waals surface area contributed by atoms with Crippen LogP contribution in [0.3, 0.4) is 0 Å². The summed E-state index contributed by atoms with van der Waals surface area (Å²) in [6.07, 6.45) is -1.92. The van der Waals surface area contributed by atoms with Crippen LogP contribution in [0.15, 0.2) is 60.9 Å². The monoisotopic (exact) mass is 447 g/mol. The van der Waals surface area contributed by atoms with E-state index in [1.807, 2.05) is 25.1 Å². The van der Waals surface area contributed by atoms with Gasteiger partial charge in [0.15, 0.2) is 11.5 Å². The minimum Gasteiger partial charge on any atom is -0.324 e. The maximum absolute atomic E-state index is 13.4. The highest BCUT2D eigenvalue weighted by atomic mass is 35.5. The highest BCUT2D eigenvalue weighted by molar-refractivity contribution is 6.31. The fraction of sp³-hybridized carbons (Fsp3) is 0.0952. The first-order valence-electron chi connectivity index (χ1n) is 9.00. The quantitative estimate of drug-likeness (QED) is 0.379. The number of nitrogens with zero attached hydrogens (tertiary/aromatic N) is 4. The molecular formula is C21H14ClF4N5. The zero-order chi connectivity index (χ0) is 22.2. The molecule has 0 saturated carbocycles. The summed E-state index contributed by atoms with van der Waals surface area (Å²) in [4.78, 5) is 8.62. The molecule has 10 heteroatoms. The van der Waals surface area contributed by atoms with Crippen molar-refractivity contribution in [1.29, 1.82) is 0 Å². The van der Waals surface area contributed by atoms with Gasteiger partial charge in [-0.3, -0.25) is 0 Å². The van der Waals surface area contributed by atoms with Gasteiger partial charge in [-0.15, -0.1) is 0 Å². The first kappa shape index (κ1) is 20.8. The number of benzene rings is 2. The summed E-state index contributed by atoms with van der Waals surface area (Å²) in [7, 11) is 0. The van der Waals surface area contributed by atoms with Gasteiger partial charge in [0.1, 0.15) is 5.82 Å². The topological polar surface area (TPSA) is 55.6 Å². The van der Waals surface area contributed by atoms with Gasteiger partial charge < -0.3 is 5.32 Å². The minimum absolute atomic E-state index is 0.0816. The van der Waals surface area contributed by atoms with E-state index in [1.54, 1.807) is 6.07 Å². The number of hydrogen-bond donors (Lipinski definition) is 1. The second-order valence-electron chi connectivity index (χ2n) is 6.70. The number of halogens is 5. The van der Waals surface area contributed by atoms with Crippen molar-refractivity contribution in [3.05, 3.63) is 83.0 Å². The van der Waals surface area contributed by atoms with E-state index < -0.39 is 17.7 Å². The van der Waals surface area contributed by atoms with Gasteiger partial charge in [0.25, 0.3) is 0 Å². The lowest BCUT2D eigenvalue weighted by Crippen LogP contribution is -2.10. The van der Waals surface area contributed by atoms with Gasteiger partial charge in [-0.25, -0.2) is 14.1 Å². The third kappa shape index (κ3) is 4.51. The molecule has 0 atom stereocenters. The van der Waals surface area contributed by atoms with Crippen LogP contribution >= 0.6 is 11.6 Å². The Balaban J connectivity index is 1.80. The largest absolute Gasteiger partial charge is 0.435 e. The maximum atomic E-state index is 13.4. The van der Waals surface area contributed by atoms with Crippen LogP contribution < -0.4 is 5.32 Å². The summed E-state index contributed by atoms with van der Waals surface area (Å²) in [5.74, 6) is -0.357. The Morgan fingerprint density at radius 1 is 1.06 bits per heavy atom. The Kier molecular flexibility index (Phi) is 5.36. The molecule has 0 aliphatic heterocycles. The molecule has 0 aliphatic rings. The van der Waals surface area contributed by atoms with Crippen molar-refractivity contribution in [2.75, 3.05) is 5.32 Å². The summed E-state index contributed by atoms with van der Waals surface area (Å²) in [5.41, 5.74) is 1.54. The van der Waals surface area contributed by atoms with Crippen molar-refractivity contribution in [1.82, 2.24) is 19.7 Å². The van der Waals surface area contributed by atoms with Crippen LogP contribution in [0.1, 0.15) is 11.3 Å². The van der Waals surface area contributed by atoms with E-state index in [-0.39, 0.29) is 16.8 Å². The Labute approximate surface area is 179 Å². The van der Waals surface area contributed by atoms with E-state index in [9.17, 15) is 17.6 Å². The van der Waals surface area contributed by atoms with Gasteiger partial charge in [-0.1, -0.05) is 41.4 Å². The summed E-state index contributed by atoms with van der Waals surface area (Å²) < 4.78 is 53.6. The van der Waals surface area contributed by atoms with E-state index in [0.717, 1.165) is 21.9 Å². The molecule has 0 aliphatic carbocycles. The summed E-state index contributed by atoms with van der Waals surface area (Å²) in [5, 5.41) is 6.42. The van der Waals surface area contributed by atoms with Gasteiger partial charge in [0.05, 0.1) is 5.02 Å². The maximum Gasteiger partial charge on any atom is 0.435 e. The fourth-order valence-corrected chi connectivity index (χ4v) is 3.10. The van der Waals surface area contributed by atoms with Crippen molar-refractivity contribution in [3.8, 4) is 16.9 Å². The number of anilines is 2. The number of aryl methyl sites for hydroxylation is 1. The Bertz CT molecular complexity index is 1250. The van der Waals surface area contributed by atoms with Crippen LogP contribution in [-0.2, 0) is 6.18 Å². The highest BCUT2D eigenvalue weighted by Gasteiger charge is 2.34. The molecule has 5 nitrogen and oxygen atoms in total. The molecule has 2 aromatic carbocycles. The first-order chi connectivity index (χ1) is 14.7. The molecule has 4 aromatic rings. The van der Waals surface area contributed by atoms with Crippen molar-refractivity contribution in [2.45, 2.75) is 13.1 Å². The van der Waals surface area contributed by atoms with Crippen molar-refractivity contribution >= 4 is 23.2 Å². The van der Waals surface area contributed by atoms with E-state index in [4.69, 9.17) is 11.6 Å². The second-order valence-corrected chi connectivity index (χ2v) is 7.10. The van der Waals surface area contributed by atoms with Crippen LogP contribution in [0.4, 0.5) is 29.2 Å². The van der Waals surface area contributed by atoms with E-state index in [0.29, 0.717) is 11.3 Å². The lowest BCUT2D eigenvalue weighted by atomic mass is 10.1. The molecule has 0 bridgehead atoms. The lowest BCUT2D eigenvalue weighted by Gasteiger charge is -2.12. The number of aromatic nitrogens is 4. The van der Waals surface area contributed by atoms with Crippen LogP contribution in [0.25, 0.3) is 16.9 Å². The zero-order valence-corrected chi connectivity index (χ0v) is 16.7. The molecule has 0 amide bonds. The van der Waals surface area contributed by atoms with Crippen molar-refractivity contribution in [2.24, 2.45) is 0 Å². The predicted molar refractivity (Wildman–Crippen MR) is 109 cm³/mol. The lowest BCUT2D eigenvalue weighted by molar-refractivity contribution is -0.141. The van der Waals surface area contributed by atoms with Crippen LogP contribution in [0, 0.1) is 12.7 Å². The standard InChI is InChI=1S/C21H14ClF4N5/c1-12-3-2-4-13(9-12)15-11-27-20(28-14-5-6-17(23)16(22)10-14)29-19(15)31-8-7-18(30-31)21(24,25)26/h2-11H,1H3,(H,27,28,29). The van der Waals surface area contributed by atoms with Crippen molar-refractivity contribution < 1.29 is 17.6 Å². The third-order valence-corrected chi connectivity index (χ3v) is 4.66. The average Bonchev–Trinajstić information content (AvgIpc) is 3.21. The smallest absolute Gasteiger partial charge is 0.324 e. The third-order valence-electron chi connectivity index (χ3n) is 4.37. The highest BCUT2D eigenvalue weighted by Crippen LogP contribution is 2.31. The Morgan fingerprint density at radius 2 is 1.87 bits per heavy atom. The fourth-order valence-electron chi connectivity index (χ4n) is 2.92. The molecule has 0 saturated heterocycles. The molecule has 2 aromatic heterocycles. The number of rotatable bonds is 4. The van der Waals surface area contributed by atoms with Gasteiger partial charge in [0, 0.05) is 23.6 Å². The molecule has 4 rings (SSSR count). The SMILES string of the molecule is Cc1cccc(-c2cnc(Nc3ccc(F)c(Cl)c3)nc2-n2ccc(C(F)(F)F)n2)c1. The molecular weight excluding hydrogens is 434 g/mol. The first-order valence-corrected chi connectivity index (χ1v) is 9.38.